The average molecular weight is 373 g/mol. The first kappa shape index (κ1) is 20.0. The summed E-state index contributed by atoms with van der Waals surface area (Å²) in [5.41, 5.74) is 0.868. The molecule has 2 aromatic rings. The van der Waals surface area contributed by atoms with Gasteiger partial charge in [-0.25, -0.2) is 0 Å². The lowest BCUT2D eigenvalue weighted by Crippen LogP contribution is -2.17. The molecule has 2 aromatic carbocycles. The molecule has 0 unspecified atom stereocenters. The normalized spacial score (nSPS) is 11.6. The van der Waals surface area contributed by atoms with Crippen LogP contribution in [0.5, 0.6) is 0 Å². The Labute approximate surface area is 155 Å². The number of benzene rings is 2. The number of alkyl halides is 3. The van der Waals surface area contributed by atoms with Crippen LogP contribution in [-0.2, 0) is 17.4 Å². The molecule has 0 aliphatic rings. The third-order valence-electron chi connectivity index (χ3n) is 3.95. The number of para-hydroxylation sites is 2. The summed E-state index contributed by atoms with van der Waals surface area (Å²) in [6, 6.07) is 12.1. The molecule has 2 rings (SSSR count). The maximum Gasteiger partial charge on any atom is 0.418 e. The highest BCUT2D eigenvalue weighted by atomic mass is 19.4. The van der Waals surface area contributed by atoms with Gasteiger partial charge in [-0.05, 0) is 36.6 Å². The molecule has 0 bridgehead atoms. The minimum Gasteiger partial charge on any atom is -0.360 e. The number of carbonyl (C=O) groups is 1. The summed E-state index contributed by atoms with van der Waals surface area (Å²) in [4.78, 5) is 12.4. The Morgan fingerprint density at radius 3 is 2.52 bits per heavy atom. The molecule has 0 atom stereocenters. The van der Waals surface area contributed by atoms with Crippen molar-refractivity contribution in [3.8, 4) is 6.07 Å². The van der Waals surface area contributed by atoms with E-state index in [9.17, 15) is 23.2 Å². The fourth-order valence-electron chi connectivity index (χ4n) is 2.54. The van der Waals surface area contributed by atoms with Crippen LogP contribution in [0.4, 0.5) is 24.5 Å². The van der Waals surface area contributed by atoms with Gasteiger partial charge in [0.2, 0.25) is 0 Å². The fourth-order valence-corrected chi connectivity index (χ4v) is 2.54. The number of carbonyl (C=O) groups excluding carboxylic acids is 1. The highest BCUT2D eigenvalue weighted by Crippen LogP contribution is 2.34. The zero-order valence-corrected chi connectivity index (χ0v) is 14.8. The molecule has 0 radical (unpaired) electrons. The van der Waals surface area contributed by atoms with Crippen LogP contribution in [-0.4, -0.2) is 5.91 Å². The number of hydrogen-bond donors (Lipinski definition) is 2. The molecule has 0 fully saturated rings. The molecule has 27 heavy (non-hydrogen) atoms. The van der Waals surface area contributed by atoms with Crippen LogP contribution in [0.3, 0.4) is 0 Å². The summed E-state index contributed by atoms with van der Waals surface area (Å²) in [6.07, 6.45) is -2.90. The van der Waals surface area contributed by atoms with Crippen molar-refractivity contribution in [2.45, 2.75) is 26.4 Å². The van der Waals surface area contributed by atoms with Crippen molar-refractivity contribution in [2.24, 2.45) is 0 Å². The fraction of sp³-hybridized carbons (Fsp3) is 0.200. The maximum atomic E-state index is 13.0. The van der Waals surface area contributed by atoms with E-state index < -0.39 is 17.6 Å². The molecule has 0 aliphatic carbocycles. The number of aryl methyl sites for hydroxylation is 2. The Bertz CT molecular complexity index is 911. The Morgan fingerprint density at radius 1 is 1.19 bits per heavy atom. The minimum absolute atomic E-state index is 0.240. The second-order valence-electron chi connectivity index (χ2n) is 5.77. The lowest BCUT2D eigenvalue weighted by Gasteiger charge is -2.14. The van der Waals surface area contributed by atoms with Crippen LogP contribution in [0.15, 0.2) is 54.2 Å². The van der Waals surface area contributed by atoms with Gasteiger partial charge in [0, 0.05) is 11.9 Å². The van der Waals surface area contributed by atoms with Gasteiger partial charge < -0.3 is 10.6 Å². The molecular weight excluding hydrogens is 355 g/mol. The third kappa shape index (κ3) is 4.88. The van der Waals surface area contributed by atoms with Gasteiger partial charge >= 0.3 is 6.18 Å². The number of nitrogens with zero attached hydrogens (tertiary/aromatic N) is 1. The third-order valence-corrected chi connectivity index (χ3v) is 3.95. The van der Waals surface area contributed by atoms with Gasteiger partial charge in [0.25, 0.3) is 5.91 Å². The van der Waals surface area contributed by atoms with Crippen LogP contribution in [0.25, 0.3) is 0 Å². The maximum absolute atomic E-state index is 13.0. The zero-order valence-electron chi connectivity index (χ0n) is 14.8. The van der Waals surface area contributed by atoms with Gasteiger partial charge in [-0.3, -0.25) is 4.79 Å². The molecule has 0 spiro atoms. The van der Waals surface area contributed by atoms with Gasteiger partial charge in [-0.2, -0.15) is 18.4 Å². The van der Waals surface area contributed by atoms with Gasteiger partial charge in [-0.15, -0.1) is 0 Å². The molecule has 0 saturated carbocycles. The van der Waals surface area contributed by atoms with E-state index in [-0.39, 0.29) is 11.3 Å². The second-order valence-corrected chi connectivity index (χ2v) is 5.77. The molecule has 1 amide bonds. The SMILES string of the molecule is CCc1cccc(C)c1NC(=O)/C(C#N)=C\Nc1ccccc1C(F)(F)F. The van der Waals surface area contributed by atoms with Crippen molar-refractivity contribution in [1.29, 1.82) is 5.26 Å². The van der Waals surface area contributed by atoms with Crippen LogP contribution in [0.1, 0.15) is 23.6 Å². The quantitative estimate of drug-likeness (QED) is 0.570. The summed E-state index contributed by atoms with van der Waals surface area (Å²) in [5.74, 6) is -0.696. The number of nitrogens with one attached hydrogen (secondary N) is 2. The first-order chi connectivity index (χ1) is 12.8. The Kier molecular flexibility index (Phi) is 6.24. The monoisotopic (exact) mass is 373 g/mol. The van der Waals surface area contributed by atoms with E-state index >= 15 is 0 Å². The highest BCUT2D eigenvalue weighted by Gasteiger charge is 2.33. The van der Waals surface area contributed by atoms with Gasteiger partial charge in [-0.1, -0.05) is 37.3 Å². The lowest BCUT2D eigenvalue weighted by molar-refractivity contribution is -0.136. The van der Waals surface area contributed by atoms with E-state index in [1.54, 1.807) is 6.07 Å². The van der Waals surface area contributed by atoms with Gasteiger partial charge in [0.05, 0.1) is 11.3 Å². The van der Waals surface area contributed by atoms with Crippen LogP contribution in [0.2, 0.25) is 0 Å². The Hall–Kier alpha value is -3.27. The van der Waals surface area contributed by atoms with Gasteiger partial charge in [0.15, 0.2) is 0 Å². The van der Waals surface area contributed by atoms with Crippen molar-refractivity contribution in [2.75, 3.05) is 10.6 Å². The van der Waals surface area contributed by atoms with Crippen LogP contribution in [0, 0.1) is 18.3 Å². The molecule has 0 aliphatic heterocycles. The van der Waals surface area contributed by atoms with Crippen LogP contribution >= 0.6 is 0 Å². The van der Waals surface area contributed by atoms with E-state index in [1.807, 2.05) is 32.0 Å². The van der Waals surface area contributed by atoms with E-state index in [0.29, 0.717) is 12.1 Å². The predicted molar refractivity (Wildman–Crippen MR) is 97.9 cm³/mol. The van der Waals surface area contributed by atoms with Crippen molar-refractivity contribution in [3.63, 3.8) is 0 Å². The number of nitriles is 1. The first-order valence-electron chi connectivity index (χ1n) is 8.20. The van der Waals surface area contributed by atoms with Gasteiger partial charge in [0.1, 0.15) is 11.6 Å². The average Bonchev–Trinajstić information content (AvgIpc) is 2.63. The number of hydrogen-bond acceptors (Lipinski definition) is 3. The molecule has 0 heterocycles. The molecule has 4 nitrogen and oxygen atoms in total. The van der Waals surface area contributed by atoms with E-state index in [2.05, 4.69) is 10.6 Å². The molecular formula is C20H18F3N3O. The standard InChI is InChI=1S/C20H18F3N3O/c1-3-14-8-6-7-13(2)18(14)26-19(27)15(11-24)12-25-17-10-5-4-9-16(17)20(21,22)23/h4-10,12,25H,3H2,1-2H3,(H,26,27)/b15-12-. The summed E-state index contributed by atoms with van der Waals surface area (Å²) in [6.45, 7) is 3.75. The first-order valence-corrected chi connectivity index (χ1v) is 8.20. The number of amides is 1. The second kappa shape index (κ2) is 8.41. The zero-order chi connectivity index (χ0) is 20.0. The molecule has 140 valence electrons. The summed E-state index contributed by atoms with van der Waals surface area (Å²) >= 11 is 0. The number of halogens is 3. The number of rotatable bonds is 5. The van der Waals surface area contributed by atoms with Crippen molar-refractivity contribution in [1.82, 2.24) is 0 Å². The van der Waals surface area contributed by atoms with E-state index in [1.165, 1.54) is 18.2 Å². The summed E-state index contributed by atoms with van der Waals surface area (Å²) < 4.78 is 39.1. The molecule has 2 N–H and O–H groups in total. The van der Waals surface area contributed by atoms with Crippen LogP contribution < -0.4 is 10.6 Å². The van der Waals surface area contributed by atoms with E-state index in [0.717, 1.165) is 23.4 Å². The van der Waals surface area contributed by atoms with E-state index in [4.69, 9.17) is 0 Å². The minimum atomic E-state index is -4.55. The highest BCUT2D eigenvalue weighted by molar-refractivity contribution is 6.07. The lowest BCUT2D eigenvalue weighted by atomic mass is 10.1. The smallest absolute Gasteiger partial charge is 0.360 e. The molecule has 0 aromatic heterocycles. The molecule has 7 heteroatoms. The predicted octanol–water partition coefficient (Wildman–Crippen LogP) is 5.03. The van der Waals surface area contributed by atoms with Crippen molar-refractivity contribution < 1.29 is 18.0 Å². The topological polar surface area (TPSA) is 64.9 Å². The van der Waals surface area contributed by atoms with Crippen molar-refractivity contribution in [3.05, 3.63) is 70.9 Å². The molecule has 0 saturated heterocycles. The number of anilines is 2. The Balaban J connectivity index is 2.26. The summed E-state index contributed by atoms with van der Waals surface area (Å²) in [7, 11) is 0. The largest absolute Gasteiger partial charge is 0.418 e. The Morgan fingerprint density at radius 2 is 1.89 bits per heavy atom. The summed E-state index contributed by atoms with van der Waals surface area (Å²) in [5, 5.41) is 14.3. The van der Waals surface area contributed by atoms with Crippen molar-refractivity contribution >= 4 is 17.3 Å².